The van der Waals surface area contributed by atoms with E-state index in [1.54, 1.807) is 29.2 Å². The van der Waals surface area contributed by atoms with E-state index >= 15 is 0 Å². The van der Waals surface area contributed by atoms with E-state index in [-0.39, 0.29) is 24.7 Å². The number of H-pyrrole nitrogens is 1. The molecule has 0 unspecified atom stereocenters. The Bertz CT molecular complexity index is 1160. The maximum atomic E-state index is 12.1. The first kappa shape index (κ1) is 20.6. The molecule has 2 aromatic carbocycles. The number of imidazole rings is 1. The third-order valence-corrected chi connectivity index (χ3v) is 5.06. The van der Waals surface area contributed by atoms with E-state index in [2.05, 4.69) is 9.97 Å². The number of amidine groups is 1. The third kappa shape index (κ3) is 4.15. The van der Waals surface area contributed by atoms with Gasteiger partial charge in [0.15, 0.2) is 0 Å². The van der Waals surface area contributed by atoms with Crippen LogP contribution in [0.4, 0.5) is 5.69 Å². The standard InChI is InChI=1S/C23H24N4O4/c1-3-30-10-11-31-23(29)15-5-7-16(8-6-15)27-13-19(28)20(21(27)24)22-25-17-9-4-14(2)12-18(17)26-22/h4-9,12,24,28H,3,10-11,13H2,1-2H3,(H,25,26). The number of hydrogen-bond acceptors (Lipinski definition) is 6. The van der Waals surface area contributed by atoms with Crippen LogP contribution >= 0.6 is 0 Å². The van der Waals surface area contributed by atoms with Gasteiger partial charge in [0.1, 0.15) is 24.0 Å². The van der Waals surface area contributed by atoms with Crippen molar-refractivity contribution in [3.8, 4) is 0 Å². The summed E-state index contributed by atoms with van der Waals surface area (Å²) in [6.45, 7) is 5.16. The number of carbonyl (C=O) groups is 1. The molecule has 0 saturated carbocycles. The first-order chi connectivity index (χ1) is 15.0. The molecule has 8 nitrogen and oxygen atoms in total. The van der Waals surface area contributed by atoms with E-state index < -0.39 is 5.97 Å². The highest BCUT2D eigenvalue weighted by Gasteiger charge is 2.31. The summed E-state index contributed by atoms with van der Waals surface area (Å²) in [5, 5.41) is 19.2. The van der Waals surface area contributed by atoms with Gasteiger partial charge in [-0.3, -0.25) is 5.41 Å². The lowest BCUT2D eigenvalue weighted by atomic mass is 10.2. The van der Waals surface area contributed by atoms with Crippen molar-refractivity contribution < 1.29 is 19.4 Å². The topological polar surface area (TPSA) is 112 Å². The average molecular weight is 420 g/mol. The molecular formula is C23H24N4O4. The van der Waals surface area contributed by atoms with E-state index in [0.717, 1.165) is 16.6 Å². The second kappa shape index (κ2) is 8.61. The summed E-state index contributed by atoms with van der Waals surface area (Å²) in [6, 6.07) is 12.6. The van der Waals surface area contributed by atoms with Gasteiger partial charge in [0.05, 0.1) is 35.3 Å². The fraction of sp³-hybridized carbons (Fsp3) is 0.261. The van der Waals surface area contributed by atoms with Crippen LogP contribution in [0.15, 0.2) is 48.2 Å². The molecule has 3 N–H and O–H groups in total. The van der Waals surface area contributed by atoms with Crippen molar-refractivity contribution in [2.24, 2.45) is 0 Å². The molecule has 4 rings (SSSR count). The predicted octanol–water partition coefficient (Wildman–Crippen LogP) is 3.83. The molecule has 0 saturated heterocycles. The van der Waals surface area contributed by atoms with Gasteiger partial charge in [-0.1, -0.05) is 6.07 Å². The van der Waals surface area contributed by atoms with E-state index in [1.165, 1.54) is 0 Å². The largest absolute Gasteiger partial charge is 0.509 e. The minimum absolute atomic E-state index is 0.0696. The number of hydrogen-bond donors (Lipinski definition) is 3. The second-order valence-electron chi connectivity index (χ2n) is 7.24. The molecule has 0 bridgehead atoms. The van der Waals surface area contributed by atoms with Gasteiger partial charge in [-0.15, -0.1) is 0 Å². The van der Waals surface area contributed by atoms with E-state index in [1.807, 2.05) is 32.0 Å². The molecule has 0 fully saturated rings. The number of aromatic nitrogens is 2. The van der Waals surface area contributed by atoms with Gasteiger partial charge in [0.25, 0.3) is 0 Å². The van der Waals surface area contributed by atoms with Crippen LogP contribution in [-0.4, -0.2) is 53.2 Å². The minimum atomic E-state index is -0.429. The summed E-state index contributed by atoms with van der Waals surface area (Å²) in [4.78, 5) is 21.5. The fourth-order valence-electron chi connectivity index (χ4n) is 3.49. The molecule has 0 radical (unpaired) electrons. The predicted molar refractivity (Wildman–Crippen MR) is 119 cm³/mol. The number of aryl methyl sites for hydroxylation is 1. The molecule has 0 atom stereocenters. The summed E-state index contributed by atoms with van der Waals surface area (Å²) in [5.74, 6) is 0.239. The lowest BCUT2D eigenvalue weighted by molar-refractivity contribution is 0.0335. The number of aromatic amines is 1. The van der Waals surface area contributed by atoms with Crippen molar-refractivity contribution in [2.75, 3.05) is 31.3 Å². The Balaban J connectivity index is 1.49. The third-order valence-electron chi connectivity index (χ3n) is 5.06. The Labute approximate surface area is 179 Å². The first-order valence-electron chi connectivity index (χ1n) is 10.1. The van der Waals surface area contributed by atoms with Crippen molar-refractivity contribution in [3.63, 3.8) is 0 Å². The Kier molecular flexibility index (Phi) is 5.73. The zero-order valence-electron chi connectivity index (χ0n) is 17.4. The summed E-state index contributed by atoms with van der Waals surface area (Å²) in [6.07, 6.45) is 0. The zero-order chi connectivity index (χ0) is 22.0. The first-order valence-corrected chi connectivity index (χ1v) is 10.1. The smallest absolute Gasteiger partial charge is 0.338 e. The fourth-order valence-corrected chi connectivity index (χ4v) is 3.49. The quantitative estimate of drug-likeness (QED) is 0.396. The molecule has 1 aliphatic heterocycles. The second-order valence-corrected chi connectivity index (χ2v) is 7.24. The van der Waals surface area contributed by atoms with E-state index in [0.29, 0.717) is 35.9 Å². The molecule has 1 aliphatic rings. The van der Waals surface area contributed by atoms with Crippen LogP contribution in [0.5, 0.6) is 0 Å². The molecule has 3 aromatic rings. The van der Waals surface area contributed by atoms with Crippen LogP contribution in [-0.2, 0) is 9.47 Å². The molecule has 0 aliphatic carbocycles. The molecule has 0 amide bonds. The van der Waals surface area contributed by atoms with Gasteiger partial charge in [0.2, 0.25) is 0 Å². The maximum Gasteiger partial charge on any atom is 0.338 e. The zero-order valence-corrected chi connectivity index (χ0v) is 17.4. The van der Waals surface area contributed by atoms with E-state index in [9.17, 15) is 9.90 Å². The summed E-state index contributed by atoms with van der Waals surface area (Å²) in [7, 11) is 0. The van der Waals surface area contributed by atoms with Crippen LogP contribution in [0.25, 0.3) is 16.6 Å². The minimum Gasteiger partial charge on any atom is -0.509 e. The number of esters is 1. The molecule has 1 aromatic heterocycles. The number of nitrogens with one attached hydrogen (secondary N) is 2. The van der Waals surface area contributed by atoms with Crippen molar-refractivity contribution in [2.45, 2.75) is 13.8 Å². The molecule has 31 heavy (non-hydrogen) atoms. The maximum absolute atomic E-state index is 12.1. The summed E-state index contributed by atoms with van der Waals surface area (Å²) in [5.41, 5.74) is 4.20. The highest BCUT2D eigenvalue weighted by atomic mass is 16.6. The number of nitrogens with zero attached hydrogens (tertiary/aromatic N) is 2. The van der Waals surface area contributed by atoms with Gasteiger partial charge in [-0.05, 0) is 55.8 Å². The number of benzene rings is 2. The van der Waals surface area contributed by atoms with Crippen LogP contribution < -0.4 is 4.90 Å². The average Bonchev–Trinajstić information content (AvgIpc) is 3.30. The highest BCUT2D eigenvalue weighted by Crippen LogP contribution is 2.31. The van der Waals surface area contributed by atoms with Gasteiger partial charge in [0, 0.05) is 12.3 Å². The normalized spacial score (nSPS) is 14.0. The molecule has 2 heterocycles. The van der Waals surface area contributed by atoms with Crippen molar-refractivity contribution in [3.05, 3.63) is 65.2 Å². The van der Waals surface area contributed by atoms with Gasteiger partial charge >= 0.3 is 5.97 Å². The lowest BCUT2D eigenvalue weighted by Crippen LogP contribution is -2.26. The molecule has 8 heteroatoms. The molecular weight excluding hydrogens is 396 g/mol. The van der Waals surface area contributed by atoms with E-state index in [4.69, 9.17) is 14.9 Å². The number of rotatable bonds is 7. The van der Waals surface area contributed by atoms with Gasteiger partial charge in [-0.25, -0.2) is 9.78 Å². The Morgan fingerprint density at radius 1 is 1.23 bits per heavy atom. The monoisotopic (exact) mass is 420 g/mol. The highest BCUT2D eigenvalue weighted by molar-refractivity contribution is 6.30. The van der Waals surface area contributed by atoms with Gasteiger partial charge in [-0.2, -0.15) is 0 Å². The van der Waals surface area contributed by atoms with Crippen molar-refractivity contribution in [1.29, 1.82) is 5.41 Å². The molecule has 160 valence electrons. The Hall–Kier alpha value is -3.65. The van der Waals surface area contributed by atoms with Crippen LogP contribution in [0.1, 0.15) is 28.7 Å². The Morgan fingerprint density at radius 2 is 2.00 bits per heavy atom. The number of anilines is 1. The number of aliphatic hydroxyl groups excluding tert-OH is 1. The number of ether oxygens (including phenoxy) is 2. The molecule has 0 spiro atoms. The number of aliphatic hydroxyl groups is 1. The number of carbonyl (C=O) groups excluding carboxylic acids is 1. The van der Waals surface area contributed by atoms with Crippen molar-refractivity contribution in [1.82, 2.24) is 9.97 Å². The SMILES string of the molecule is CCOCCOC(=O)c1ccc(N2CC(O)=C(c3nc4ccc(C)cc4[nH]3)C2=N)cc1. The van der Waals surface area contributed by atoms with Crippen LogP contribution in [0.3, 0.4) is 0 Å². The van der Waals surface area contributed by atoms with Crippen LogP contribution in [0.2, 0.25) is 0 Å². The number of fused-ring (bicyclic) bond motifs is 1. The summed E-state index contributed by atoms with van der Waals surface area (Å²) < 4.78 is 10.3. The Morgan fingerprint density at radius 3 is 2.74 bits per heavy atom. The van der Waals surface area contributed by atoms with Crippen LogP contribution in [0, 0.1) is 12.3 Å². The van der Waals surface area contributed by atoms with Gasteiger partial charge < -0.3 is 24.5 Å². The lowest BCUT2D eigenvalue weighted by Gasteiger charge is -2.18. The van der Waals surface area contributed by atoms with Crippen molar-refractivity contribution >= 4 is 34.1 Å². The summed E-state index contributed by atoms with van der Waals surface area (Å²) >= 11 is 0.